The Morgan fingerprint density at radius 1 is 1.29 bits per heavy atom. The summed E-state index contributed by atoms with van der Waals surface area (Å²) in [6.45, 7) is 1.45. The molecule has 1 amide bonds. The summed E-state index contributed by atoms with van der Waals surface area (Å²) in [7, 11) is 0. The first-order valence-corrected chi connectivity index (χ1v) is 7.72. The molecule has 126 valence electrons. The van der Waals surface area contributed by atoms with Crippen LogP contribution in [0.5, 0.6) is 0 Å². The van der Waals surface area contributed by atoms with Crippen LogP contribution in [-0.2, 0) is 72.8 Å². The second-order valence-electron chi connectivity index (χ2n) is 4.35. The van der Waals surface area contributed by atoms with Gasteiger partial charge in [0.2, 0.25) is 5.91 Å². The summed E-state index contributed by atoms with van der Waals surface area (Å²) in [5, 5.41) is 13.0. The van der Waals surface area contributed by atoms with Crippen molar-refractivity contribution in [1.29, 1.82) is 0 Å². The molecule has 1 unspecified atom stereocenters. The van der Waals surface area contributed by atoms with Crippen LogP contribution >= 0.6 is 23.1 Å². The minimum atomic E-state index is -0.966. The molecule has 0 bridgehead atoms. The van der Waals surface area contributed by atoms with Crippen LogP contribution in [0.3, 0.4) is 0 Å². The number of aromatic nitrogens is 1. The maximum absolute atomic E-state index is 11.1. The summed E-state index contributed by atoms with van der Waals surface area (Å²) in [4.78, 5) is 30.5. The second-order valence-corrected chi connectivity index (χ2v) is 6.28. The number of nitrogens with zero attached hydrogens (tertiary/aromatic N) is 2. The number of thiazole rings is 1. The molecule has 0 saturated carbocycles. The van der Waals surface area contributed by atoms with Gasteiger partial charge in [-0.25, -0.2) is 10.7 Å². The number of nitrogens with one attached hydrogen (secondary N) is 1. The molecule has 0 radical (unpaired) electrons. The van der Waals surface area contributed by atoms with E-state index >= 15 is 0 Å². The number of carboxylic acid groups (broad SMARTS) is 1. The van der Waals surface area contributed by atoms with Gasteiger partial charge >= 0.3 is 0 Å². The van der Waals surface area contributed by atoms with Gasteiger partial charge in [-0.15, -0.1) is 11.3 Å². The zero-order chi connectivity index (χ0) is 15.0. The Morgan fingerprint density at radius 3 is 2.58 bits per heavy atom. The van der Waals surface area contributed by atoms with Gasteiger partial charge in [0.1, 0.15) is 5.01 Å². The Hall–Kier alpha value is 0.135. The number of carbonyl (C=O) groups is 2. The van der Waals surface area contributed by atoms with Crippen molar-refractivity contribution in [2.24, 2.45) is 4.99 Å². The Labute approximate surface area is 189 Å². The molecule has 1 aliphatic heterocycles. The van der Waals surface area contributed by atoms with E-state index in [0.29, 0.717) is 15.7 Å². The zero-order valence-corrected chi connectivity index (χ0v) is 22.5. The van der Waals surface area contributed by atoms with Crippen LogP contribution in [0.2, 0.25) is 0 Å². The molecule has 1 aromatic heterocycles. The molecule has 0 saturated heterocycles. The van der Waals surface area contributed by atoms with Gasteiger partial charge in [0.15, 0.2) is 0 Å². The number of hydrogen-bond donors (Lipinski definition) is 2. The number of aliphatic carboxylic acids is 1. The van der Waals surface area contributed by atoms with E-state index in [1.165, 1.54) is 30.0 Å². The molecule has 2 aromatic rings. The SMILES string of the molecule is CC(=O)Nc1ccc2nc(C3=NC(C(=O)O)[CH-]S3)sc2c1.[W].[W].[W]. The molecule has 1 aromatic carbocycles. The monoisotopic (exact) mass is 872 g/mol. The van der Waals surface area contributed by atoms with Crippen LogP contribution in [0.1, 0.15) is 11.9 Å². The normalized spacial score (nSPS) is 15.5. The van der Waals surface area contributed by atoms with Crippen LogP contribution < -0.4 is 5.32 Å². The maximum Gasteiger partial charge on any atom is 0.297 e. The molecule has 6 nitrogen and oxygen atoms in total. The third-order valence-corrected chi connectivity index (χ3v) is 4.78. The number of carboxylic acids is 1. The van der Waals surface area contributed by atoms with Gasteiger partial charge in [0, 0.05) is 81.8 Å². The molecule has 0 aliphatic carbocycles. The van der Waals surface area contributed by atoms with Crippen molar-refractivity contribution < 1.29 is 77.9 Å². The minimum absolute atomic E-state index is 0. The zero-order valence-electron chi connectivity index (χ0n) is 12.1. The van der Waals surface area contributed by atoms with Crippen LogP contribution in [0.4, 0.5) is 5.69 Å². The molecule has 3 rings (SSSR count). The van der Waals surface area contributed by atoms with E-state index in [0.717, 1.165) is 10.2 Å². The summed E-state index contributed by atoms with van der Waals surface area (Å²) in [6, 6.07) is 4.63. The fourth-order valence-electron chi connectivity index (χ4n) is 1.83. The number of amides is 1. The van der Waals surface area contributed by atoms with E-state index in [-0.39, 0.29) is 69.1 Å². The fraction of sp³-hybridized carbons (Fsp3) is 0.154. The molecular weight excluding hydrogens is 862 g/mol. The number of hydrogen-bond acceptors (Lipinski definition) is 6. The predicted molar refractivity (Wildman–Crippen MR) is 83.8 cm³/mol. The van der Waals surface area contributed by atoms with Crippen molar-refractivity contribution in [2.45, 2.75) is 13.0 Å². The summed E-state index contributed by atoms with van der Waals surface area (Å²) in [5.74, 6) is 0.479. The van der Waals surface area contributed by atoms with E-state index in [9.17, 15) is 9.59 Å². The third-order valence-electron chi connectivity index (χ3n) is 2.71. The first-order valence-electron chi connectivity index (χ1n) is 6.02. The quantitative estimate of drug-likeness (QED) is 0.463. The molecule has 2 heterocycles. The number of fused-ring (bicyclic) bond motifs is 1. The topological polar surface area (TPSA) is 91.7 Å². The summed E-state index contributed by atoms with van der Waals surface area (Å²) < 4.78 is 0.915. The minimum Gasteiger partial charge on any atom is -0.482 e. The van der Waals surface area contributed by atoms with Crippen molar-refractivity contribution in [1.82, 2.24) is 4.98 Å². The fourth-order valence-corrected chi connectivity index (χ4v) is 3.75. The molecular formula is C13H10N3O3S2W3-. The average Bonchev–Trinajstić information content (AvgIpc) is 3.03. The van der Waals surface area contributed by atoms with Crippen LogP contribution in [0, 0.1) is 5.75 Å². The van der Waals surface area contributed by atoms with E-state index in [1.807, 2.05) is 12.1 Å². The molecule has 0 fully saturated rings. The van der Waals surface area contributed by atoms with Gasteiger partial charge in [-0.05, 0) is 18.2 Å². The van der Waals surface area contributed by atoms with Gasteiger partial charge in [-0.3, -0.25) is 26.3 Å². The van der Waals surface area contributed by atoms with E-state index in [4.69, 9.17) is 5.11 Å². The van der Waals surface area contributed by atoms with Crippen molar-refractivity contribution in [3.8, 4) is 0 Å². The number of rotatable bonds is 3. The van der Waals surface area contributed by atoms with Crippen molar-refractivity contribution >= 4 is 55.9 Å². The van der Waals surface area contributed by atoms with Gasteiger partial charge < -0.3 is 10.4 Å². The summed E-state index contributed by atoms with van der Waals surface area (Å²) in [6.07, 6.45) is 0. The molecule has 1 aliphatic rings. The number of carbonyl (C=O) groups excluding carboxylic acids is 1. The summed E-state index contributed by atoms with van der Waals surface area (Å²) >= 11 is 2.71. The van der Waals surface area contributed by atoms with E-state index < -0.39 is 12.0 Å². The smallest absolute Gasteiger partial charge is 0.297 e. The Bertz CT molecular complexity index is 782. The first kappa shape index (κ1) is 24.1. The number of thioether (sulfide) groups is 1. The maximum atomic E-state index is 11.1. The number of aliphatic imine (C=N–C) groups is 1. The molecule has 0 spiro atoms. The van der Waals surface area contributed by atoms with Gasteiger partial charge in [0.25, 0.3) is 5.97 Å². The molecule has 24 heavy (non-hydrogen) atoms. The van der Waals surface area contributed by atoms with Gasteiger partial charge in [-0.1, -0.05) is 0 Å². The number of benzene rings is 1. The Morgan fingerprint density at radius 2 is 2.00 bits per heavy atom. The Kier molecular flexibility index (Phi) is 10.4. The van der Waals surface area contributed by atoms with Crippen molar-refractivity contribution in [2.75, 3.05) is 5.32 Å². The van der Waals surface area contributed by atoms with E-state index in [1.54, 1.807) is 11.8 Å². The van der Waals surface area contributed by atoms with Crippen molar-refractivity contribution in [3.63, 3.8) is 0 Å². The first-order chi connectivity index (χ1) is 10.0. The predicted octanol–water partition coefficient (Wildman–Crippen LogP) is 2.36. The second kappa shape index (κ2) is 10.3. The van der Waals surface area contributed by atoms with E-state index in [2.05, 4.69) is 15.3 Å². The van der Waals surface area contributed by atoms with Gasteiger partial charge in [0.05, 0.1) is 15.3 Å². The van der Waals surface area contributed by atoms with Crippen LogP contribution in [-0.4, -0.2) is 33.1 Å². The van der Waals surface area contributed by atoms with Crippen LogP contribution in [0.25, 0.3) is 10.2 Å². The summed E-state index contributed by atoms with van der Waals surface area (Å²) in [5.41, 5.74) is 1.51. The average molecular weight is 872 g/mol. The molecule has 2 N–H and O–H groups in total. The standard InChI is InChI=1S/C13H10N3O3S2.3W/c1-6(17)14-7-2-3-8-10(4-7)21-12(15-8)11-16-9(5-20-11)13(18)19;;;/h2-5,9H,1H3,(H,14,17)(H,18,19);;;/q-1;;;. The van der Waals surface area contributed by atoms with Crippen molar-refractivity contribution in [3.05, 3.63) is 29.0 Å². The van der Waals surface area contributed by atoms with Gasteiger partial charge in [-0.2, -0.15) is 0 Å². The Balaban J connectivity index is 0.00000176. The largest absolute Gasteiger partial charge is 0.482 e. The van der Waals surface area contributed by atoms with Crippen LogP contribution in [0.15, 0.2) is 23.2 Å². The molecule has 1 atom stereocenters. The third kappa shape index (κ3) is 5.57. The number of anilines is 1. The molecule has 11 heteroatoms.